The number of hydrogen-bond acceptors (Lipinski definition) is 5. The maximum absolute atomic E-state index is 5.73. The summed E-state index contributed by atoms with van der Waals surface area (Å²) in [6, 6.07) is 0.267. The molecule has 0 aromatic carbocycles. The van der Waals surface area contributed by atoms with Crippen LogP contribution in [0.4, 0.5) is 11.9 Å². The van der Waals surface area contributed by atoms with E-state index in [4.69, 9.17) is 11.6 Å². The molecule has 0 fully saturated rings. The first-order valence-electron chi connectivity index (χ1n) is 4.53. The van der Waals surface area contributed by atoms with Crippen molar-refractivity contribution in [1.82, 2.24) is 15.0 Å². The van der Waals surface area contributed by atoms with E-state index in [1.165, 1.54) is 0 Å². The Morgan fingerprint density at radius 2 is 1.86 bits per heavy atom. The number of halogens is 1. The molecule has 0 aliphatic rings. The average molecular weight is 220 g/mol. The zero-order valence-corrected chi connectivity index (χ0v) is 9.26. The van der Waals surface area contributed by atoms with E-state index in [0.29, 0.717) is 11.9 Å². The summed E-state index contributed by atoms with van der Waals surface area (Å²) >= 11 is 5.73. The summed E-state index contributed by atoms with van der Waals surface area (Å²) in [7, 11) is 0. The van der Waals surface area contributed by atoms with Gasteiger partial charge in [0.25, 0.3) is 0 Å². The fourth-order valence-corrected chi connectivity index (χ4v) is 1.07. The molecule has 1 heterocycles. The zero-order chi connectivity index (χ0) is 10.6. The van der Waals surface area contributed by atoms with Crippen molar-refractivity contribution >= 4 is 23.5 Å². The minimum atomic E-state index is 0.194. The van der Waals surface area contributed by atoms with Gasteiger partial charge in [0.1, 0.15) is 0 Å². The predicted molar refractivity (Wildman–Crippen MR) is 57.8 cm³/mol. The van der Waals surface area contributed by atoms with Crippen LogP contribution in [-0.4, -0.2) is 27.5 Å². The second kappa shape index (κ2) is 4.95. The molecular weight excluding hydrogens is 206 g/mol. The summed E-state index contributed by atoms with van der Waals surface area (Å²) in [6.45, 7) is 6.73. The lowest BCUT2D eigenvalue weighted by atomic mass is 10.4. The van der Waals surface area contributed by atoms with Crippen molar-refractivity contribution in [2.24, 2.45) is 0 Å². The Balaban J connectivity index is 2.83. The molecule has 14 heavy (non-hydrogen) atoms. The lowest BCUT2D eigenvalue weighted by Gasteiger charge is -2.09. The van der Waals surface area contributed by atoms with Crippen molar-refractivity contribution in [3.8, 4) is 0 Å². The molecule has 0 saturated carbocycles. The maximum atomic E-state index is 5.73. The predicted octanol–water partition coefficient (Wildman–Crippen LogP) is 1.78. The molecule has 1 aromatic rings. The van der Waals surface area contributed by atoms with Crippen molar-refractivity contribution in [2.75, 3.05) is 17.2 Å². The molecule has 0 saturated heterocycles. The van der Waals surface area contributed by atoms with E-state index in [1.807, 2.05) is 20.8 Å². The lowest BCUT2D eigenvalue weighted by Crippen LogP contribution is -2.14. The van der Waals surface area contributed by atoms with E-state index in [1.54, 1.807) is 0 Å². The molecule has 0 radical (unpaired) electrons. The Labute approximate surface area is 88.3 Å². The summed E-state index contributed by atoms with van der Waals surface area (Å²) in [6.07, 6.45) is 0. The van der Waals surface area contributed by atoms with Gasteiger partial charge in [-0.2, -0.15) is 15.0 Å². The normalized spacial score (nSPS) is 10.4. The van der Waals surface area contributed by atoms with Crippen LogP contribution in [0.1, 0.15) is 20.8 Å². The molecule has 0 unspecified atom stereocenters. The first-order chi connectivity index (χ1) is 6.61. The highest BCUT2D eigenvalue weighted by molar-refractivity contribution is 6.28. The van der Waals surface area contributed by atoms with Crippen LogP contribution in [0.5, 0.6) is 0 Å². The highest BCUT2D eigenvalue weighted by Gasteiger charge is 2.04. The van der Waals surface area contributed by atoms with Gasteiger partial charge in [0.15, 0.2) is 0 Å². The first-order valence-corrected chi connectivity index (χ1v) is 4.91. The molecule has 1 aromatic heterocycles. The van der Waals surface area contributed by atoms with Gasteiger partial charge in [0.2, 0.25) is 17.2 Å². The SMILES string of the molecule is C[13CH2]N[13c]1n[13c](Cl)n[13c](NC(C)C)n1. The summed E-state index contributed by atoms with van der Waals surface area (Å²) < 4.78 is 0. The van der Waals surface area contributed by atoms with Crippen molar-refractivity contribution < 1.29 is 0 Å². The average Bonchev–Trinajstić information content (AvgIpc) is 2.01. The van der Waals surface area contributed by atoms with E-state index < -0.39 is 0 Å². The molecule has 0 bridgehead atoms. The molecule has 78 valence electrons. The largest absolute Gasteiger partial charge is 0.354 e. The molecule has 5 nitrogen and oxygen atoms in total. The van der Waals surface area contributed by atoms with Crippen LogP contribution in [0.15, 0.2) is 0 Å². The molecule has 0 atom stereocenters. The number of nitrogens with one attached hydrogen (secondary N) is 2. The number of aromatic nitrogens is 3. The maximum Gasteiger partial charge on any atom is 0.228 e. The Morgan fingerprint density at radius 1 is 1.21 bits per heavy atom. The highest BCUT2D eigenvalue weighted by atomic mass is 35.5. The van der Waals surface area contributed by atoms with E-state index in [9.17, 15) is 0 Å². The number of nitrogens with zero attached hydrogens (tertiary/aromatic N) is 3. The summed E-state index contributed by atoms with van der Waals surface area (Å²) in [5.41, 5.74) is 0. The zero-order valence-electron chi connectivity index (χ0n) is 8.50. The fraction of sp³-hybridized carbons (Fsp3) is 0.625. The Bertz CT molecular complexity index is 302. The van der Waals surface area contributed by atoms with Crippen molar-refractivity contribution in [3.63, 3.8) is 0 Å². The van der Waals surface area contributed by atoms with Crippen LogP contribution in [0.25, 0.3) is 0 Å². The van der Waals surface area contributed by atoms with Crippen LogP contribution in [0, 0.1) is 0 Å². The van der Waals surface area contributed by atoms with Gasteiger partial charge in [-0.05, 0) is 32.4 Å². The van der Waals surface area contributed by atoms with Crippen molar-refractivity contribution in [1.29, 1.82) is 0 Å². The monoisotopic (exact) mass is 219 g/mol. The molecule has 6 heteroatoms. The van der Waals surface area contributed by atoms with Gasteiger partial charge >= 0.3 is 0 Å². The second-order valence-electron chi connectivity index (χ2n) is 3.08. The lowest BCUT2D eigenvalue weighted by molar-refractivity contribution is 0.866. The van der Waals surface area contributed by atoms with E-state index in [2.05, 4.69) is 25.6 Å². The third kappa shape index (κ3) is 3.33. The number of anilines is 2. The summed E-state index contributed by atoms with van der Waals surface area (Å²) in [4.78, 5) is 12.0. The van der Waals surface area contributed by atoms with Gasteiger partial charge in [0.05, 0.1) is 0 Å². The third-order valence-corrected chi connectivity index (χ3v) is 1.53. The fourth-order valence-electron chi connectivity index (χ4n) is 0.910. The molecule has 0 amide bonds. The quantitative estimate of drug-likeness (QED) is 0.756. The summed E-state index contributed by atoms with van der Waals surface area (Å²) in [5.74, 6) is 0.992. The molecule has 0 spiro atoms. The Morgan fingerprint density at radius 3 is 2.43 bits per heavy atom. The minimum Gasteiger partial charge on any atom is -0.354 e. The van der Waals surface area contributed by atoms with Gasteiger partial charge in [-0.25, -0.2) is 0 Å². The molecule has 0 aliphatic heterocycles. The highest BCUT2D eigenvalue weighted by Crippen LogP contribution is 2.09. The van der Waals surface area contributed by atoms with Crippen LogP contribution in [0.3, 0.4) is 0 Å². The van der Waals surface area contributed by atoms with Crippen LogP contribution < -0.4 is 10.6 Å². The molecule has 1 rings (SSSR count). The van der Waals surface area contributed by atoms with Gasteiger partial charge < -0.3 is 10.6 Å². The Kier molecular flexibility index (Phi) is 3.88. The Hall–Kier alpha value is -1.10. The first kappa shape index (κ1) is 11.0. The molecular formula is C8H14ClN5. The van der Waals surface area contributed by atoms with Gasteiger partial charge in [-0.1, -0.05) is 0 Å². The van der Waals surface area contributed by atoms with E-state index in [-0.39, 0.29) is 11.3 Å². The smallest absolute Gasteiger partial charge is 0.228 e. The van der Waals surface area contributed by atoms with Crippen molar-refractivity contribution in [3.05, 3.63) is 5.28 Å². The van der Waals surface area contributed by atoms with E-state index >= 15 is 0 Å². The van der Waals surface area contributed by atoms with Gasteiger partial charge in [-0.3, -0.25) is 0 Å². The van der Waals surface area contributed by atoms with Crippen LogP contribution in [-0.2, 0) is 0 Å². The van der Waals surface area contributed by atoms with Crippen LogP contribution in [0.2, 0.25) is 5.28 Å². The minimum absolute atomic E-state index is 0.194. The van der Waals surface area contributed by atoms with Crippen LogP contribution >= 0.6 is 11.6 Å². The molecule has 0 aliphatic carbocycles. The van der Waals surface area contributed by atoms with Gasteiger partial charge in [0, 0.05) is 12.6 Å². The topological polar surface area (TPSA) is 62.7 Å². The van der Waals surface area contributed by atoms with Gasteiger partial charge in [-0.15, -0.1) is 0 Å². The third-order valence-electron chi connectivity index (χ3n) is 1.36. The molecule has 2 N–H and O–H groups in total. The number of hydrogen-bond donors (Lipinski definition) is 2. The summed E-state index contributed by atoms with van der Waals surface area (Å²) in [5, 5.41) is 6.23. The second-order valence-corrected chi connectivity index (χ2v) is 3.42. The van der Waals surface area contributed by atoms with Crippen molar-refractivity contribution in [2.45, 2.75) is 26.8 Å². The number of rotatable bonds is 4. The van der Waals surface area contributed by atoms with E-state index in [0.717, 1.165) is 6.54 Å². The standard InChI is InChI=1S/C8H14ClN5/c1-4-10-7-12-6(9)13-8(14-7)11-5(2)3/h5H,4H2,1-3H3,(H2,10,11,12,13,14)/i4+1,6+1,7+1,8+1.